The van der Waals surface area contributed by atoms with Crippen LogP contribution in [0.3, 0.4) is 0 Å². The zero-order valence-electron chi connectivity index (χ0n) is 13.4. The number of amides is 1. The Bertz CT molecular complexity index is 722. The Kier molecular flexibility index (Phi) is 5.63. The topological polar surface area (TPSA) is 76.4 Å². The first-order valence-corrected chi connectivity index (χ1v) is 8.82. The molecule has 126 valence electrons. The predicted molar refractivity (Wildman–Crippen MR) is 98.7 cm³/mol. The van der Waals surface area contributed by atoms with Gasteiger partial charge in [-0.25, -0.2) is 0 Å². The summed E-state index contributed by atoms with van der Waals surface area (Å²) in [6, 6.07) is 11.2. The number of carbonyl (C=O) groups excluding carboxylic acids is 1. The van der Waals surface area contributed by atoms with E-state index in [0.717, 1.165) is 30.9 Å². The molecular formula is C18H21N3O2S. The van der Waals surface area contributed by atoms with E-state index in [0.29, 0.717) is 18.0 Å². The molecule has 1 amide bonds. The van der Waals surface area contributed by atoms with Crippen LogP contribution in [0.1, 0.15) is 21.0 Å². The molecule has 0 aliphatic carbocycles. The van der Waals surface area contributed by atoms with Crippen LogP contribution in [0, 0.1) is 0 Å². The monoisotopic (exact) mass is 343 g/mol. The lowest BCUT2D eigenvalue weighted by Gasteiger charge is -2.12. The Hall–Kier alpha value is -2.15. The zero-order valence-corrected chi connectivity index (χ0v) is 14.2. The highest BCUT2D eigenvalue weighted by atomic mass is 32.1. The number of nitrogens with one attached hydrogen (secondary N) is 2. The van der Waals surface area contributed by atoms with Gasteiger partial charge in [-0.15, -0.1) is 11.3 Å². The fraction of sp³-hybridized carbons (Fsp3) is 0.278. The number of hydrogen-bond acceptors (Lipinski definition) is 5. The summed E-state index contributed by atoms with van der Waals surface area (Å²) in [5, 5.41) is 6.21. The van der Waals surface area contributed by atoms with Crippen LogP contribution in [0.15, 0.2) is 42.5 Å². The molecule has 0 fully saturated rings. The van der Waals surface area contributed by atoms with Crippen molar-refractivity contribution in [3.63, 3.8) is 0 Å². The van der Waals surface area contributed by atoms with E-state index in [1.807, 2.05) is 36.4 Å². The summed E-state index contributed by atoms with van der Waals surface area (Å²) in [7, 11) is 0. The van der Waals surface area contributed by atoms with Crippen molar-refractivity contribution in [3.8, 4) is 5.75 Å². The molecule has 5 nitrogen and oxygen atoms in total. The first-order valence-electron chi connectivity index (χ1n) is 8.00. The van der Waals surface area contributed by atoms with Crippen LogP contribution < -0.4 is 21.1 Å². The van der Waals surface area contributed by atoms with E-state index in [2.05, 4.69) is 16.7 Å². The van der Waals surface area contributed by atoms with Crippen LogP contribution in [0.25, 0.3) is 5.57 Å². The molecule has 0 saturated carbocycles. The molecule has 2 heterocycles. The average Bonchev–Trinajstić information content (AvgIpc) is 3.12. The standard InChI is InChI=1S/C18H21N3O2S/c19-9-12-23-15-3-1-14(2-4-15)21-18(22)17-6-5-16(24-17)13-7-10-20-11-8-13/h1-7,20H,8-12,19H2,(H,21,22). The molecule has 24 heavy (non-hydrogen) atoms. The van der Waals surface area contributed by atoms with Gasteiger partial charge in [-0.3, -0.25) is 4.79 Å². The van der Waals surface area contributed by atoms with Gasteiger partial charge in [-0.05, 0) is 54.9 Å². The van der Waals surface area contributed by atoms with Crippen LogP contribution in [0.5, 0.6) is 5.75 Å². The first kappa shape index (κ1) is 16.7. The van der Waals surface area contributed by atoms with Gasteiger partial charge in [0.2, 0.25) is 0 Å². The highest BCUT2D eigenvalue weighted by Crippen LogP contribution is 2.28. The molecule has 0 spiro atoms. The number of carbonyl (C=O) groups is 1. The Morgan fingerprint density at radius 3 is 2.79 bits per heavy atom. The molecule has 3 rings (SSSR count). The third-order valence-corrected chi connectivity index (χ3v) is 4.87. The van der Waals surface area contributed by atoms with Crippen LogP contribution >= 0.6 is 11.3 Å². The first-order chi connectivity index (χ1) is 11.8. The minimum absolute atomic E-state index is 0.0867. The van der Waals surface area contributed by atoms with E-state index in [1.165, 1.54) is 21.8 Å². The maximum Gasteiger partial charge on any atom is 0.265 e. The number of anilines is 1. The zero-order chi connectivity index (χ0) is 16.8. The fourth-order valence-corrected chi connectivity index (χ4v) is 3.45. The third kappa shape index (κ3) is 4.23. The third-order valence-electron chi connectivity index (χ3n) is 3.71. The normalized spacial score (nSPS) is 14.1. The van der Waals surface area contributed by atoms with E-state index in [4.69, 9.17) is 10.5 Å². The molecule has 1 aliphatic rings. The van der Waals surface area contributed by atoms with E-state index >= 15 is 0 Å². The average molecular weight is 343 g/mol. The molecule has 1 aliphatic heterocycles. The molecule has 0 atom stereocenters. The predicted octanol–water partition coefficient (Wildman–Crippen LogP) is 2.71. The second-order valence-electron chi connectivity index (χ2n) is 5.46. The maximum atomic E-state index is 12.4. The molecule has 0 radical (unpaired) electrons. The summed E-state index contributed by atoms with van der Waals surface area (Å²) in [6.45, 7) is 2.85. The number of benzene rings is 1. The summed E-state index contributed by atoms with van der Waals surface area (Å²) >= 11 is 1.53. The second-order valence-corrected chi connectivity index (χ2v) is 6.55. The van der Waals surface area contributed by atoms with Crippen molar-refractivity contribution >= 4 is 28.5 Å². The number of nitrogens with two attached hydrogens (primary N) is 1. The van der Waals surface area contributed by atoms with Crippen molar-refractivity contribution in [1.82, 2.24) is 5.32 Å². The molecule has 2 aromatic rings. The molecule has 1 aromatic heterocycles. The molecular weight excluding hydrogens is 322 g/mol. The van der Waals surface area contributed by atoms with Crippen molar-refractivity contribution in [2.45, 2.75) is 6.42 Å². The fourth-order valence-electron chi connectivity index (χ4n) is 2.48. The van der Waals surface area contributed by atoms with Gasteiger partial charge in [-0.2, -0.15) is 0 Å². The number of thiophene rings is 1. The maximum absolute atomic E-state index is 12.4. The Labute approximate surface area is 145 Å². The van der Waals surface area contributed by atoms with E-state index in [1.54, 1.807) is 0 Å². The van der Waals surface area contributed by atoms with Gasteiger partial charge in [-0.1, -0.05) is 6.08 Å². The van der Waals surface area contributed by atoms with E-state index < -0.39 is 0 Å². The summed E-state index contributed by atoms with van der Waals surface area (Å²) in [6.07, 6.45) is 3.20. The largest absolute Gasteiger partial charge is 0.492 e. The quantitative estimate of drug-likeness (QED) is 0.754. The van der Waals surface area contributed by atoms with Gasteiger partial charge in [0.25, 0.3) is 5.91 Å². The summed E-state index contributed by atoms with van der Waals surface area (Å²) < 4.78 is 5.42. The van der Waals surface area contributed by atoms with Gasteiger partial charge < -0.3 is 21.1 Å². The number of hydrogen-bond donors (Lipinski definition) is 3. The molecule has 0 saturated heterocycles. The van der Waals surface area contributed by atoms with E-state index in [9.17, 15) is 4.79 Å². The van der Waals surface area contributed by atoms with Crippen molar-refractivity contribution in [1.29, 1.82) is 0 Å². The highest BCUT2D eigenvalue weighted by molar-refractivity contribution is 7.15. The summed E-state index contributed by atoms with van der Waals surface area (Å²) in [5.74, 6) is 0.658. The summed E-state index contributed by atoms with van der Waals surface area (Å²) in [5.41, 5.74) is 7.47. The van der Waals surface area contributed by atoms with Crippen molar-refractivity contribution in [2.75, 3.05) is 31.6 Å². The Morgan fingerprint density at radius 2 is 2.08 bits per heavy atom. The Balaban J connectivity index is 1.62. The van der Waals surface area contributed by atoms with Gasteiger partial charge in [0.1, 0.15) is 12.4 Å². The van der Waals surface area contributed by atoms with Crippen molar-refractivity contribution in [3.05, 3.63) is 52.2 Å². The lowest BCUT2D eigenvalue weighted by atomic mass is 10.1. The molecule has 6 heteroatoms. The highest BCUT2D eigenvalue weighted by Gasteiger charge is 2.13. The minimum Gasteiger partial charge on any atom is -0.492 e. The minimum atomic E-state index is -0.0867. The lowest BCUT2D eigenvalue weighted by Crippen LogP contribution is -2.19. The smallest absolute Gasteiger partial charge is 0.265 e. The molecule has 0 bridgehead atoms. The molecule has 4 N–H and O–H groups in total. The van der Waals surface area contributed by atoms with Gasteiger partial charge in [0.05, 0.1) is 4.88 Å². The second kappa shape index (κ2) is 8.10. The van der Waals surface area contributed by atoms with Gasteiger partial charge >= 0.3 is 0 Å². The van der Waals surface area contributed by atoms with E-state index in [-0.39, 0.29) is 5.91 Å². The van der Waals surface area contributed by atoms with Gasteiger partial charge in [0.15, 0.2) is 0 Å². The van der Waals surface area contributed by atoms with Crippen LogP contribution in [-0.2, 0) is 0 Å². The van der Waals surface area contributed by atoms with Crippen LogP contribution in [-0.4, -0.2) is 32.1 Å². The SMILES string of the molecule is NCCOc1ccc(NC(=O)c2ccc(C3=CCNCC3)s2)cc1. The van der Waals surface area contributed by atoms with Crippen LogP contribution in [0.2, 0.25) is 0 Å². The Morgan fingerprint density at radius 1 is 1.25 bits per heavy atom. The lowest BCUT2D eigenvalue weighted by molar-refractivity contribution is 0.103. The van der Waals surface area contributed by atoms with Crippen molar-refractivity contribution < 1.29 is 9.53 Å². The van der Waals surface area contributed by atoms with Crippen LogP contribution in [0.4, 0.5) is 5.69 Å². The van der Waals surface area contributed by atoms with Gasteiger partial charge in [0, 0.05) is 23.7 Å². The molecule has 1 aromatic carbocycles. The summed E-state index contributed by atoms with van der Waals surface area (Å²) in [4.78, 5) is 14.3. The number of rotatable bonds is 6. The van der Waals surface area contributed by atoms with Crippen molar-refractivity contribution in [2.24, 2.45) is 5.73 Å². The molecule has 0 unspecified atom stereocenters. The number of ether oxygens (including phenoxy) is 1.